The lowest BCUT2D eigenvalue weighted by molar-refractivity contribution is 0.580. The standard InChI is InChI=1S/C12H15N3O2S/c1-9-3-4-12(5-10(9)2)18(16,17)15-7-11-6-13-8-14-11/h3-6,8,15H,7H2,1-2H3,(H,13,14). The summed E-state index contributed by atoms with van der Waals surface area (Å²) in [5.74, 6) is 0. The van der Waals surface area contributed by atoms with Gasteiger partial charge in [0.25, 0.3) is 0 Å². The zero-order chi connectivity index (χ0) is 13.2. The average molecular weight is 265 g/mol. The molecule has 2 aromatic rings. The Morgan fingerprint density at radius 3 is 2.67 bits per heavy atom. The molecule has 6 heteroatoms. The van der Waals surface area contributed by atoms with Gasteiger partial charge in [-0.2, -0.15) is 0 Å². The Hall–Kier alpha value is -1.66. The Labute approximate surface area is 106 Å². The molecule has 0 saturated heterocycles. The molecule has 0 aliphatic rings. The van der Waals surface area contributed by atoms with Crippen molar-refractivity contribution in [1.82, 2.24) is 14.7 Å². The molecule has 2 N–H and O–H groups in total. The van der Waals surface area contributed by atoms with Crippen molar-refractivity contribution in [3.8, 4) is 0 Å². The maximum atomic E-state index is 12.0. The van der Waals surface area contributed by atoms with E-state index < -0.39 is 10.0 Å². The predicted molar refractivity (Wildman–Crippen MR) is 68.5 cm³/mol. The number of nitrogens with zero attached hydrogens (tertiary/aromatic N) is 1. The highest BCUT2D eigenvalue weighted by atomic mass is 32.2. The minimum Gasteiger partial charge on any atom is -0.347 e. The van der Waals surface area contributed by atoms with Crippen LogP contribution >= 0.6 is 0 Å². The fourth-order valence-corrected chi connectivity index (χ4v) is 2.61. The highest BCUT2D eigenvalue weighted by Gasteiger charge is 2.14. The molecule has 5 nitrogen and oxygen atoms in total. The van der Waals surface area contributed by atoms with Crippen LogP contribution in [-0.4, -0.2) is 18.4 Å². The van der Waals surface area contributed by atoms with Crippen molar-refractivity contribution in [2.24, 2.45) is 0 Å². The highest BCUT2D eigenvalue weighted by Crippen LogP contribution is 2.14. The zero-order valence-electron chi connectivity index (χ0n) is 10.3. The minimum atomic E-state index is -3.47. The fourth-order valence-electron chi connectivity index (χ4n) is 1.52. The third kappa shape index (κ3) is 2.77. The van der Waals surface area contributed by atoms with Crippen molar-refractivity contribution in [3.05, 3.63) is 47.5 Å². The summed E-state index contributed by atoms with van der Waals surface area (Å²) >= 11 is 0. The summed E-state index contributed by atoms with van der Waals surface area (Å²) in [5.41, 5.74) is 2.75. The van der Waals surface area contributed by atoms with E-state index in [1.165, 1.54) is 6.33 Å². The van der Waals surface area contributed by atoms with Gasteiger partial charge in [-0.15, -0.1) is 0 Å². The van der Waals surface area contributed by atoms with Gasteiger partial charge in [-0.05, 0) is 37.1 Å². The minimum absolute atomic E-state index is 0.204. The number of aryl methyl sites for hydroxylation is 2. The molecule has 18 heavy (non-hydrogen) atoms. The summed E-state index contributed by atoms with van der Waals surface area (Å²) < 4.78 is 26.6. The lowest BCUT2D eigenvalue weighted by Gasteiger charge is -2.07. The molecule has 0 aliphatic carbocycles. The number of imidazole rings is 1. The third-order valence-electron chi connectivity index (χ3n) is 2.80. The van der Waals surface area contributed by atoms with Crippen molar-refractivity contribution < 1.29 is 8.42 Å². The van der Waals surface area contributed by atoms with Crippen molar-refractivity contribution in [2.75, 3.05) is 0 Å². The molecule has 96 valence electrons. The first kappa shape index (κ1) is 12.8. The topological polar surface area (TPSA) is 74.8 Å². The second-order valence-corrected chi connectivity index (χ2v) is 5.91. The molecule has 0 radical (unpaired) electrons. The molecule has 0 saturated carbocycles. The summed E-state index contributed by atoms with van der Waals surface area (Å²) in [6, 6.07) is 5.09. The van der Waals surface area contributed by atoms with Gasteiger partial charge in [0.2, 0.25) is 10.0 Å². The molecule has 0 atom stereocenters. The summed E-state index contributed by atoms with van der Waals surface area (Å²) in [6.07, 6.45) is 3.10. The lowest BCUT2D eigenvalue weighted by atomic mass is 10.1. The number of H-pyrrole nitrogens is 1. The maximum Gasteiger partial charge on any atom is 0.240 e. The monoisotopic (exact) mass is 265 g/mol. The fraction of sp³-hybridized carbons (Fsp3) is 0.250. The van der Waals surface area contributed by atoms with Gasteiger partial charge in [0, 0.05) is 11.9 Å². The van der Waals surface area contributed by atoms with Crippen LogP contribution in [0.25, 0.3) is 0 Å². The Kier molecular flexibility index (Phi) is 3.49. The number of sulfonamides is 1. The first-order valence-corrected chi connectivity index (χ1v) is 7.01. The molecule has 0 fully saturated rings. The van der Waals surface area contributed by atoms with Crippen LogP contribution in [0.15, 0.2) is 35.6 Å². The van der Waals surface area contributed by atoms with Gasteiger partial charge >= 0.3 is 0 Å². The first-order chi connectivity index (χ1) is 8.49. The van der Waals surface area contributed by atoms with E-state index in [9.17, 15) is 8.42 Å². The van der Waals surface area contributed by atoms with Crippen molar-refractivity contribution in [1.29, 1.82) is 0 Å². The summed E-state index contributed by atoms with van der Waals surface area (Å²) in [7, 11) is -3.47. The third-order valence-corrected chi connectivity index (χ3v) is 4.20. The van der Waals surface area contributed by atoms with Crippen LogP contribution in [0, 0.1) is 13.8 Å². The molecular formula is C12H15N3O2S. The SMILES string of the molecule is Cc1ccc(S(=O)(=O)NCc2cnc[nH]2)cc1C. The Morgan fingerprint density at radius 2 is 2.06 bits per heavy atom. The normalized spacial score (nSPS) is 11.7. The Bertz CT molecular complexity index is 633. The van der Waals surface area contributed by atoms with E-state index in [0.717, 1.165) is 16.8 Å². The highest BCUT2D eigenvalue weighted by molar-refractivity contribution is 7.89. The zero-order valence-corrected chi connectivity index (χ0v) is 11.1. The van der Waals surface area contributed by atoms with Crippen molar-refractivity contribution >= 4 is 10.0 Å². The van der Waals surface area contributed by atoms with E-state index in [1.807, 2.05) is 13.8 Å². The van der Waals surface area contributed by atoms with Crippen LogP contribution in [-0.2, 0) is 16.6 Å². The number of aromatic nitrogens is 2. The van der Waals surface area contributed by atoms with Crippen LogP contribution in [0.5, 0.6) is 0 Å². The summed E-state index contributed by atoms with van der Waals surface area (Å²) in [6.45, 7) is 4.04. The van der Waals surface area contributed by atoms with E-state index >= 15 is 0 Å². The van der Waals surface area contributed by atoms with Gasteiger partial charge in [-0.1, -0.05) is 6.07 Å². The van der Waals surface area contributed by atoms with Crippen LogP contribution in [0.2, 0.25) is 0 Å². The van der Waals surface area contributed by atoms with E-state index in [-0.39, 0.29) is 11.4 Å². The molecule has 1 aromatic heterocycles. The van der Waals surface area contributed by atoms with E-state index in [1.54, 1.807) is 24.4 Å². The van der Waals surface area contributed by atoms with Crippen LogP contribution in [0.4, 0.5) is 0 Å². The largest absolute Gasteiger partial charge is 0.347 e. The van der Waals surface area contributed by atoms with Crippen molar-refractivity contribution in [2.45, 2.75) is 25.3 Å². The molecule has 0 bridgehead atoms. The smallest absolute Gasteiger partial charge is 0.240 e. The van der Waals surface area contributed by atoms with Crippen molar-refractivity contribution in [3.63, 3.8) is 0 Å². The predicted octanol–water partition coefficient (Wildman–Crippen LogP) is 1.51. The molecule has 1 aromatic carbocycles. The molecule has 0 unspecified atom stereocenters. The molecular weight excluding hydrogens is 250 g/mol. The van der Waals surface area contributed by atoms with Gasteiger partial charge in [0.1, 0.15) is 0 Å². The average Bonchev–Trinajstić information content (AvgIpc) is 2.83. The van der Waals surface area contributed by atoms with Gasteiger partial charge in [-0.25, -0.2) is 18.1 Å². The van der Waals surface area contributed by atoms with Crippen LogP contribution in [0.3, 0.4) is 0 Å². The van der Waals surface area contributed by atoms with Gasteiger partial charge in [0.05, 0.1) is 17.8 Å². The second-order valence-electron chi connectivity index (χ2n) is 4.15. The molecule has 0 aliphatic heterocycles. The Balaban J connectivity index is 2.17. The number of hydrogen-bond donors (Lipinski definition) is 2. The number of rotatable bonds is 4. The molecule has 2 rings (SSSR count). The van der Waals surface area contributed by atoms with Crippen LogP contribution in [0.1, 0.15) is 16.8 Å². The number of nitrogens with one attached hydrogen (secondary N) is 2. The molecule has 1 heterocycles. The quantitative estimate of drug-likeness (QED) is 0.879. The number of hydrogen-bond acceptors (Lipinski definition) is 3. The van der Waals surface area contributed by atoms with E-state index in [2.05, 4.69) is 14.7 Å². The van der Waals surface area contributed by atoms with Crippen LogP contribution < -0.4 is 4.72 Å². The number of benzene rings is 1. The Morgan fingerprint density at radius 1 is 1.28 bits per heavy atom. The molecule has 0 spiro atoms. The van der Waals surface area contributed by atoms with E-state index in [0.29, 0.717) is 0 Å². The first-order valence-electron chi connectivity index (χ1n) is 5.53. The van der Waals surface area contributed by atoms with E-state index in [4.69, 9.17) is 0 Å². The van der Waals surface area contributed by atoms with Gasteiger partial charge < -0.3 is 4.98 Å². The number of aromatic amines is 1. The summed E-state index contributed by atoms with van der Waals surface area (Å²) in [4.78, 5) is 6.96. The van der Waals surface area contributed by atoms with Gasteiger partial charge in [-0.3, -0.25) is 0 Å². The van der Waals surface area contributed by atoms with Gasteiger partial charge in [0.15, 0.2) is 0 Å². The second kappa shape index (κ2) is 4.91. The molecule has 0 amide bonds. The summed E-state index contributed by atoms with van der Waals surface area (Å²) in [5, 5.41) is 0. The maximum absolute atomic E-state index is 12.0. The lowest BCUT2D eigenvalue weighted by Crippen LogP contribution is -2.23.